The third-order valence-corrected chi connectivity index (χ3v) is 4.45. The van der Waals surface area contributed by atoms with Gasteiger partial charge in [0.15, 0.2) is 0 Å². The average molecular weight is 280 g/mol. The number of nitrogens with zero attached hydrogens (tertiary/aromatic N) is 2. The van der Waals surface area contributed by atoms with Crippen molar-refractivity contribution in [3.63, 3.8) is 0 Å². The lowest BCUT2D eigenvalue weighted by atomic mass is 10.1. The summed E-state index contributed by atoms with van der Waals surface area (Å²) in [4.78, 5) is 27.9. The molecule has 0 aromatic rings. The van der Waals surface area contributed by atoms with Crippen LogP contribution in [0.2, 0.25) is 0 Å². The van der Waals surface area contributed by atoms with Gasteiger partial charge in [0.2, 0.25) is 11.8 Å². The zero-order valence-corrected chi connectivity index (χ0v) is 12.6. The van der Waals surface area contributed by atoms with E-state index in [1.54, 1.807) is 0 Å². The summed E-state index contributed by atoms with van der Waals surface area (Å²) in [5.74, 6) is 0.574. The molecule has 0 spiro atoms. The summed E-state index contributed by atoms with van der Waals surface area (Å²) in [6.45, 7) is 3.74. The number of carbonyl (C=O) groups is 2. The van der Waals surface area contributed by atoms with E-state index in [1.165, 1.54) is 12.8 Å². The molecule has 20 heavy (non-hydrogen) atoms. The quantitative estimate of drug-likeness (QED) is 0.726. The van der Waals surface area contributed by atoms with Gasteiger partial charge in [-0.05, 0) is 51.4 Å². The van der Waals surface area contributed by atoms with Crippen molar-refractivity contribution in [1.29, 1.82) is 0 Å². The molecule has 114 valence electrons. The van der Waals surface area contributed by atoms with Crippen molar-refractivity contribution < 1.29 is 9.59 Å². The number of piperidine rings is 2. The zero-order valence-electron chi connectivity index (χ0n) is 12.6. The van der Waals surface area contributed by atoms with Gasteiger partial charge in [-0.3, -0.25) is 9.59 Å². The van der Waals surface area contributed by atoms with Crippen molar-refractivity contribution in [2.75, 3.05) is 26.2 Å². The average Bonchev–Trinajstić information content (AvgIpc) is 2.53. The lowest BCUT2D eigenvalue weighted by Crippen LogP contribution is -2.36. The number of amides is 2. The maximum atomic E-state index is 12.0. The third-order valence-electron chi connectivity index (χ3n) is 4.45. The molecule has 0 aromatic carbocycles. The molecule has 0 saturated carbocycles. The Hall–Kier alpha value is -1.06. The van der Waals surface area contributed by atoms with Crippen molar-refractivity contribution in [2.45, 2.75) is 64.2 Å². The smallest absolute Gasteiger partial charge is 0.222 e. The second-order valence-electron chi connectivity index (χ2n) is 6.09. The van der Waals surface area contributed by atoms with Crippen LogP contribution < -0.4 is 0 Å². The number of rotatable bonds is 5. The predicted octanol–water partition coefficient (Wildman–Crippen LogP) is 2.57. The number of carbonyl (C=O) groups excluding carboxylic acids is 2. The highest BCUT2D eigenvalue weighted by Gasteiger charge is 2.17. The zero-order chi connectivity index (χ0) is 14.2. The molecule has 4 nitrogen and oxygen atoms in total. The summed E-state index contributed by atoms with van der Waals surface area (Å²) >= 11 is 0. The van der Waals surface area contributed by atoms with Gasteiger partial charge >= 0.3 is 0 Å². The minimum atomic E-state index is 0.287. The van der Waals surface area contributed by atoms with Crippen LogP contribution in [0.4, 0.5) is 0 Å². The first-order chi connectivity index (χ1) is 9.77. The first-order valence-corrected chi connectivity index (χ1v) is 8.33. The molecule has 2 saturated heterocycles. The van der Waals surface area contributed by atoms with Gasteiger partial charge in [-0.2, -0.15) is 0 Å². The van der Waals surface area contributed by atoms with Crippen LogP contribution in [0, 0.1) is 0 Å². The van der Waals surface area contributed by atoms with Gasteiger partial charge in [-0.25, -0.2) is 0 Å². The van der Waals surface area contributed by atoms with Crippen LogP contribution >= 0.6 is 0 Å². The van der Waals surface area contributed by atoms with E-state index in [9.17, 15) is 9.59 Å². The molecule has 0 atom stereocenters. The second-order valence-corrected chi connectivity index (χ2v) is 6.09. The molecular formula is C16H28N2O2. The molecule has 0 aliphatic carbocycles. The van der Waals surface area contributed by atoms with Crippen LogP contribution in [0.25, 0.3) is 0 Å². The van der Waals surface area contributed by atoms with Crippen LogP contribution in [-0.2, 0) is 9.59 Å². The lowest BCUT2D eigenvalue weighted by molar-refractivity contribution is -0.134. The van der Waals surface area contributed by atoms with Gasteiger partial charge in [0.25, 0.3) is 0 Å². The normalized spacial score (nSPS) is 20.0. The summed E-state index contributed by atoms with van der Waals surface area (Å²) in [5.41, 5.74) is 0. The van der Waals surface area contributed by atoms with Crippen molar-refractivity contribution >= 4 is 11.8 Å². The minimum Gasteiger partial charge on any atom is -0.343 e. The molecule has 0 N–H and O–H groups in total. The third kappa shape index (κ3) is 4.80. The fourth-order valence-corrected chi connectivity index (χ4v) is 3.16. The van der Waals surface area contributed by atoms with Crippen LogP contribution in [0.3, 0.4) is 0 Å². The minimum absolute atomic E-state index is 0.287. The Morgan fingerprint density at radius 3 is 1.30 bits per heavy atom. The summed E-state index contributed by atoms with van der Waals surface area (Å²) in [7, 11) is 0. The lowest BCUT2D eigenvalue weighted by Gasteiger charge is -2.27. The molecular weight excluding hydrogens is 252 g/mol. The fourth-order valence-electron chi connectivity index (χ4n) is 3.16. The standard InChI is InChI=1S/C16H28N2O2/c19-15(17-11-5-1-6-12-17)9-3-4-10-16(20)18-13-7-2-8-14-18/h1-14H2. The Morgan fingerprint density at radius 2 is 0.950 bits per heavy atom. The Kier molecular flexibility index (Phi) is 6.34. The molecule has 2 aliphatic heterocycles. The van der Waals surface area contributed by atoms with Gasteiger partial charge < -0.3 is 9.80 Å². The molecule has 2 heterocycles. The van der Waals surface area contributed by atoms with Crippen molar-refractivity contribution in [2.24, 2.45) is 0 Å². The Bertz CT molecular complexity index is 286. The molecule has 0 aromatic heterocycles. The van der Waals surface area contributed by atoms with E-state index in [0.717, 1.165) is 64.7 Å². The SMILES string of the molecule is O=C(CCCCC(=O)N1CCCCC1)N1CCCCC1. The maximum absolute atomic E-state index is 12.0. The highest BCUT2D eigenvalue weighted by Crippen LogP contribution is 2.14. The summed E-state index contributed by atoms with van der Waals surface area (Å²) < 4.78 is 0. The first kappa shape index (κ1) is 15.3. The monoisotopic (exact) mass is 280 g/mol. The van der Waals surface area contributed by atoms with Gasteiger partial charge in [0, 0.05) is 39.0 Å². The molecule has 2 fully saturated rings. The van der Waals surface area contributed by atoms with E-state index in [0.29, 0.717) is 12.8 Å². The molecule has 2 rings (SSSR count). The van der Waals surface area contributed by atoms with Gasteiger partial charge in [-0.15, -0.1) is 0 Å². The van der Waals surface area contributed by atoms with Gasteiger partial charge in [0.05, 0.1) is 0 Å². The van der Waals surface area contributed by atoms with Gasteiger partial charge in [-0.1, -0.05) is 0 Å². The first-order valence-electron chi connectivity index (χ1n) is 8.33. The number of unbranched alkanes of at least 4 members (excludes halogenated alkanes) is 1. The molecule has 0 radical (unpaired) electrons. The summed E-state index contributed by atoms with van der Waals surface area (Å²) in [6.07, 6.45) is 10.1. The maximum Gasteiger partial charge on any atom is 0.222 e. The van der Waals surface area contributed by atoms with Crippen LogP contribution in [-0.4, -0.2) is 47.8 Å². The number of hydrogen-bond acceptors (Lipinski definition) is 2. The molecule has 2 aliphatic rings. The highest BCUT2D eigenvalue weighted by molar-refractivity contribution is 5.77. The number of likely N-dealkylation sites (tertiary alicyclic amines) is 2. The molecule has 0 unspecified atom stereocenters. The van der Waals surface area contributed by atoms with E-state index < -0.39 is 0 Å². The molecule has 0 bridgehead atoms. The van der Waals surface area contributed by atoms with Crippen LogP contribution in [0.1, 0.15) is 64.2 Å². The van der Waals surface area contributed by atoms with Crippen molar-refractivity contribution in [3.05, 3.63) is 0 Å². The largest absolute Gasteiger partial charge is 0.343 e. The van der Waals surface area contributed by atoms with Crippen LogP contribution in [0.15, 0.2) is 0 Å². The summed E-state index contributed by atoms with van der Waals surface area (Å²) in [6, 6.07) is 0. The van der Waals surface area contributed by atoms with E-state index in [-0.39, 0.29) is 11.8 Å². The summed E-state index contributed by atoms with van der Waals surface area (Å²) in [5, 5.41) is 0. The van der Waals surface area contributed by atoms with E-state index >= 15 is 0 Å². The highest BCUT2D eigenvalue weighted by atomic mass is 16.2. The topological polar surface area (TPSA) is 40.6 Å². The van der Waals surface area contributed by atoms with E-state index in [1.807, 2.05) is 9.80 Å². The fraction of sp³-hybridized carbons (Fsp3) is 0.875. The Labute approximate surface area is 122 Å². The van der Waals surface area contributed by atoms with Crippen molar-refractivity contribution in [3.8, 4) is 0 Å². The molecule has 4 heteroatoms. The van der Waals surface area contributed by atoms with E-state index in [4.69, 9.17) is 0 Å². The number of hydrogen-bond donors (Lipinski definition) is 0. The van der Waals surface area contributed by atoms with E-state index in [2.05, 4.69) is 0 Å². The van der Waals surface area contributed by atoms with Crippen molar-refractivity contribution in [1.82, 2.24) is 9.80 Å². The second kappa shape index (κ2) is 8.28. The van der Waals surface area contributed by atoms with Gasteiger partial charge in [0.1, 0.15) is 0 Å². The Morgan fingerprint density at radius 1 is 0.600 bits per heavy atom. The predicted molar refractivity (Wildman–Crippen MR) is 79.3 cm³/mol. The van der Waals surface area contributed by atoms with Crippen LogP contribution in [0.5, 0.6) is 0 Å². The molecule has 2 amide bonds. The Balaban J connectivity index is 1.56.